The highest BCUT2D eigenvalue weighted by molar-refractivity contribution is 7.89. The van der Waals surface area contributed by atoms with Crippen molar-refractivity contribution in [2.24, 2.45) is 5.14 Å². The van der Waals surface area contributed by atoms with Gasteiger partial charge in [-0.3, -0.25) is 4.79 Å². The van der Waals surface area contributed by atoms with Crippen LogP contribution in [0.2, 0.25) is 0 Å². The lowest BCUT2D eigenvalue weighted by Crippen LogP contribution is -2.14. The number of hydrogen-bond acceptors (Lipinski definition) is 5. The molecule has 31 heavy (non-hydrogen) atoms. The number of benzene rings is 3. The van der Waals surface area contributed by atoms with Crippen LogP contribution in [0.4, 0.5) is 10.1 Å². The predicted octanol–water partition coefficient (Wildman–Crippen LogP) is 2.97. The lowest BCUT2D eigenvalue weighted by atomic mass is 10.1. The van der Waals surface area contributed by atoms with E-state index in [1.165, 1.54) is 36.4 Å². The fourth-order valence-corrected chi connectivity index (χ4v) is 3.44. The van der Waals surface area contributed by atoms with E-state index in [9.17, 15) is 17.6 Å². The van der Waals surface area contributed by atoms with Crippen LogP contribution < -0.4 is 10.5 Å². The Morgan fingerprint density at radius 2 is 1.58 bits per heavy atom. The van der Waals surface area contributed by atoms with Gasteiger partial charge in [0.2, 0.25) is 10.0 Å². The number of carbonyl (C=O) groups excluding carboxylic acids is 1. The van der Waals surface area contributed by atoms with Crippen LogP contribution in [0.1, 0.15) is 10.4 Å². The molecule has 0 fully saturated rings. The van der Waals surface area contributed by atoms with Crippen molar-refractivity contribution in [3.8, 4) is 16.9 Å². The number of halogens is 1. The Hall–Kier alpha value is -3.89. The largest absolute Gasteiger partial charge is 0.322 e. The lowest BCUT2D eigenvalue weighted by Gasteiger charge is -2.09. The molecule has 3 aromatic carbocycles. The van der Waals surface area contributed by atoms with E-state index in [1.54, 1.807) is 47.3 Å². The van der Waals surface area contributed by atoms with Gasteiger partial charge >= 0.3 is 0 Å². The van der Waals surface area contributed by atoms with Crippen LogP contribution in [-0.2, 0) is 10.0 Å². The second kappa shape index (κ2) is 8.09. The molecule has 0 saturated heterocycles. The van der Waals surface area contributed by atoms with Crippen LogP contribution in [0.15, 0.2) is 83.9 Å². The normalized spacial score (nSPS) is 11.3. The van der Waals surface area contributed by atoms with Crippen molar-refractivity contribution >= 4 is 21.6 Å². The summed E-state index contributed by atoms with van der Waals surface area (Å²) in [7, 11) is -3.80. The molecule has 3 N–H and O–H groups in total. The van der Waals surface area contributed by atoms with Crippen molar-refractivity contribution in [3.05, 3.63) is 90.4 Å². The maximum Gasteiger partial charge on any atom is 0.255 e. The smallest absolute Gasteiger partial charge is 0.255 e. The third-order valence-corrected chi connectivity index (χ3v) is 5.43. The molecule has 0 unspecified atom stereocenters. The fraction of sp³-hybridized carbons (Fsp3) is 0. The first-order valence-electron chi connectivity index (χ1n) is 9.02. The van der Waals surface area contributed by atoms with Gasteiger partial charge in [0.15, 0.2) is 0 Å². The molecule has 0 aliphatic carbocycles. The molecule has 0 atom stereocenters. The molecule has 0 radical (unpaired) electrons. The van der Waals surface area contributed by atoms with Gasteiger partial charge in [0, 0.05) is 16.8 Å². The number of sulfonamides is 1. The summed E-state index contributed by atoms with van der Waals surface area (Å²) in [4.78, 5) is 12.4. The molecular formula is C21H16FN5O3S. The fourth-order valence-electron chi connectivity index (χ4n) is 2.93. The predicted molar refractivity (Wildman–Crippen MR) is 113 cm³/mol. The lowest BCUT2D eigenvalue weighted by molar-refractivity contribution is 0.102. The summed E-state index contributed by atoms with van der Waals surface area (Å²) in [6.45, 7) is 0. The van der Waals surface area contributed by atoms with Gasteiger partial charge in [0.05, 0.1) is 22.5 Å². The first kappa shape index (κ1) is 20.4. The second-order valence-corrected chi connectivity index (χ2v) is 8.17. The zero-order valence-corrected chi connectivity index (χ0v) is 16.8. The molecule has 0 saturated carbocycles. The van der Waals surface area contributed by atoms with Crippen molar-refractivity contribution in [3.63, 3.8) is 0 Å². The van der Waals surface area contributed by atoms with E-state index in [1.807, 2.05) is 0 Å². The van der Waals surface area contributed by atoms with E-state index in [0.717, 1.165) is 5.56 Å². The monoisotopic (exact) mass is 437 g/mol. The summed E-state index contributed by atoms with van der Waals surface area (Å²) < 4.78 is 37.4. The van der Waals surface area contributed by atoms with Crippen molar-refractivity contribution in [1.29, 1.82) is 0 Å². The van der Waals surface area contributed by atoms with Gasteiger partial charge in [-0.2, -0.15) is 0 Å². The topological polar surface area (TPSA) is 120 Å². The van der Waals surface area contributed by atoms with E-state index < -0.39 is 10.0 Å². The number of amides is 1. The Morgan fingerprint density at radius 3 is 2.19 bits per heavy atom. The zero-order valence-electron chi connectivity index (χ0n) is 15.9. The maximum atomic E-state index is 13.2. The van der Waals surface area contributed by atoms with Gasteiger partial charge in [-0.25, -0.2) is 22.6 Å². The average Bonchev–Trinajstić information content (AvgIpc) is 3.24. The number of anilines is 1. The van der Waals surface area contributed by atoms with Gasteiger partial charge in [-0.1, -0.05) is 5.21 Å². The minimum atomic E-state index is -3.80. The quantitative estimate of drug-likeness (QED) is 0.497. The molecule has 0 aliphatic heterocycles. The molecule has 4 rings (SSSR count). The van der Waals surface area contributed by atoms with Gasteiger partial charge in [-0.05, 0) is 72.8 Å². The number of nitrogens with one attached hydrogen (secondary N) is 1. The third kappa shape index (κ3) is 4.49. The molecule has 0 aliphatic rings. The van der Waals surface area contributed by atoms with Gasteiger partial charge < -0.3 is 5.32 Å². The zero-order chi connectivity index (χ0) is 22.0. The van der Waals surface area contributed by atoms with Crippen LogP contribution >= 0.6 is 0 Å². The summed E-state index contributed by atoms with van der Waals surface area (Å²) in [5.41, 5.74) is 2.91. The van der Waals surface area contributed by atoms with Crippen molar-refractivity contribution in [2.45, 2.75) is 4.90 Å². The van der Waals surface area contributed by atoms with Crippen LogP contribution in [0.3, 0.4) is 0 Å². The number of nitrogens with zero attached hydrogens (tertiary/aromatic N) is 3. The Kier molecular flexibility index (Phi) is 5.32. The Bertz CT molecular complexity index is 1330. The minimum Gasteiger partial charge on any atom is -0.322 e. The number of rotatable bonds is 5. The number of hydrogen-bond donors (Lipinski definition) is 2. The number of primary sulfonamides is 1. The molecule has 0 bridgehead atoms. The maximum absolute atomic E-state index is 13.2. The first-order chi connectivity index (χ1) is 14.8. The SMILES string of the molecule is NS(=O)(=O)c1ccc(NC(=O)c2ccc(-n3nncc3-c3ccc(F)cc3)cc2)cc1. The molecule has 156 valence electrons. The van der Waals surface area contributed by atoms with Gasteiger partial charge in [0.1, 0.15) is 5.82 Å². The van der Waals surface area contributed by atoms with Crippen LogP contribution in [0, 0.1) is 5.82 Å². The summed E-state index contributed by atoms with van der Waals surface area (Å²) in [6, 6.07) is 18.2. The van der Waals surface area contributed by atoms with Gasteiger partial charge in [0.25, 0.3) is 5.91 Å². The average molecular weight is 437 g/mol. The molecule has 0 spiro atoms. The third-order valence-electron chi connectivity index (χ3n) is 4.50. The Labute approximate surface area is 177 Å². The highest BCUT2D eigenvalue weighted by Gasteiger charge is 2.12. The van der Waals surface area contributed by atoms with E-state index in [4.69, 9.17) is 5.14 Å². The Morgan fingerprint density at radius 1 is 0.935 bits per heavy atom. The van der Waals surface area contributed by atoms with E-state index >= 15 is 0 Å². The molecule has 4 aromatic rings. The summed E-state index contributed by atoms with van der Waals surface area (Å²) in [5.74, 6) is -0.704. The molecule has 1 heterocycles. The van der Waals surface area contributed by atoms with Crippen molar-refractivity contribution < 1.29 is 17.6 Å². The van der Waals surface area contributed by atoms with E-state index in [2.05, 4.69) is 15.6 Å². The van der Waals surface area contributed by atoms with Crippen molar-refractivity contribution in [2.75, 3.05) is 5.32 Å². The molecule has 10 heteroatoms. The number of carbonyl (C=O) groups is 1. The standard InChI is InChI=1S/C21H16FN5O3S/c22-16-5-1-14(2-6-16)20-13-24-26-27(20)18-9-3-15(4-10-18)21(28)25-17-7-11-19(12-8-17)31(23,29)30/h1-13H,(H,25,28)(H2,23,29,30). The Balaban J connectivity index is 1.52. The first-order valence-corrected chi connectivity index (χ1v) is 10.6. The van der Waals surface area contributed by atoms with Gasteiger partial charge in [-0.15, -0.1) is 5.10 Å². The molecule has 8 nitrogen and oxygen atoms in total. The van der Waals surface area contributed by atoms with E-state index in [-0.39, 0.29) is 16.6 Å². The molecule has 1 aromatic heterocycles. The van der Waals surface area contributed by atoms with Crippen LogP contribution in [-0.4, -0.2) is 29.3 Å². The highest BCUT2D eigenvalue weighted by atomic mass is 32.2. The second-order valence-electron chi connectivity index (χ2n) is 6.61. The van der Waals surface area contributed by atoms with Crippen molar-refractivity contribution in [1.82, 2.24) is 15.0 Å². The molecule has 1 amide bonds. The van der Waals surface area contributed by atoms with E-state index in [0.29, 0.717) is 22.6 Å². The van der Waals surface area contributed by atoms with Crippen LogP contribution in [0.25, 0.3) is 16.9 Å². The summed E-state index contributed by atoms with van der Waals surface area (Å²) >= 11 is 0. The molecular weight excluding hydrogens is 421 g/mol. The minimum absolute atomic E-state index is 0.0420. The summed E-state index contributed by atoms with van der Waals surface area (Å²) in [5, 5.41) is 15.7. The summed E-state index contributed by atoms with van der Waals surface area (Å²) in [6.07, 6.45) is 1.57. The highest BCUT2D eigenvalue weighted by Crippen LogP contribution is 2.22. The van der Waals surface area contributed by atoms with Crippen LogP contribution in [0.5, 0.6) is 0 Å². The number of aromatic nitrogens is 3. The number of nitrogens with two attached hydrogens (primary N) is 1.